The number of fused-ring (bicyclic) bond motifs is 29. The second kappa shape index (κ2) is 36.1. The summed E-state index contributed by atoms with van der Waals surface area (Å²) in [6.07, 6.45) is 30.8. The van der Waals surface area contributed by atoms with E-state index in [9.17, 15) is 0 Å². The van der Waals surface area contributed by atoms with E-state index in [1.165, 1.54) is 337 Å². The Kier molecular flexibility index (Phi) is 23.4. The fraction of sp³-hybridized carbons (Fsp3) is 0.338. The first-order valence-corrected chi connectivity index (χ1v) is 57.1. The number of hydrogen-bond acceptors (Lipinski definition) is 3. The molecule has 0 radical (unpaired) electrons. The molecule has 0 aliphatic heterocycles. The van der Waals surface area contributed by atoms with E-state index in [2.05, 4.69) is 414 Å². The van der Waals surface area contributed by atoms with Gasteiger partial charge in [0.1, 0.15) is 22.3 Å². The van der Waals surface area contributed by atoms with Gasteiger partial charge in [-0.2, -0.15) is 0 Å². The molecule has 0 unspecified atom stereocenters. The van der Waals surface area contributed by atoms with Gasteiger partial charge in [-0.15, -0.1) is 0 Å². The highest BCUT2D eigenvalue weighted by Crippen LogP contribution is 2.66. The third kappa shape index (κ3) is 14.8. The molecule has 25 rings (SSSR count). The van der Waals surface area contributed by atoms with Crippen LogP contribution in [0.3, 0.4) is 0 Å². The molecule has 0 amide bonds. The minimum atomic E-state index is -0.411. The second-order valence-electron chi connectivity index (χ2n) is 49.4. The van der Waals surface area contributed by atoms with Gasteiger partial charge in [0.25, 0.3) is 0 Å². The number of para-hydroxylation sites is 2. The molecule has 0 fully saturated rings. The minimum absolute atomic E-state index is 0.0192. The maximum absolute atomic E-state index is 7.37. The summed E-state index contributed by atoms with van der Waals surface area (Å²) >= 11 is 0. The normalized spacial score (nSPS) is 15.8. The fourth-order valence-corrected chi connectivity index (χ4v) is 29.5. The van der Waals surface area contributed by atoms with Crippen molar-refractivity contribution in [3.63, 3.8) is 0 Å². The third-order valence-corrected chi connectivity index (χ3v) is 37.8. The Morgan fingerprint density at radius 2 is 0.493 bits per heavy atom. The van der Waals surface area contributed by atoms with Crippen molar-refractivity contribution < 1.29 is 8.83 Å². The Balaban J connectivity index is 0.538. The summed E-state index contributed by atoms with van der Waals surface area (Å²) in [6, 6.07) is 116. The molecule has 7 aliphatic rings. The molecule has 0 saturated carbocycles. The summed E-state index contributed by atoms with van der Waals surface area (Å²) in [5.41, 5.74) is 55.4. The van der Waals surface area contributed by atoms with E-state index in [1.54, 1.807) is 22.3 Å². The van der Waals surface area contributed by atoms with Crippen molar-refractivity contribution in [1.82, 2.24) is 0 Å². The van der Waals surface area contributed by atoms with Crippen molar-refractivity contribution in [1.29, 1.82) is 0 Å². The number of rotatable bonds is 31. The predicted octanol–water partition coefficient (Wildman–Crippen LogP) is 42.4. The van der Waals surface area contributed by atoms with Crippen molar-refractivity contribution in [3.8, 4) is 122 Å². The van der Waals surface area contributed by atoms with E-state index in [-0.39, 0.29) is 37.9 Å². The number of nitrogens with zero attached hydrogens (tertiary/aromatic N) is 1. The highest BCUT2D eigenvalue weighted by atomic mass is 16.3. The smallest absolute Gasteiger partial charge is 0.143 e. The summed E-state index contributed by atoms with van der Waals surface area (Å²) in [6.45, 7) is 41.1. The molecular weight excluding hydrogens is 1790 g/mol. The molecule has 16 aromatic carbocycles. The van der Waals surface area contributed by atoms with Gasteiger partial charge in [0.2, 0.25) is 0 Å². The lowest BCUT2D eigenvalue weighted by molar-refractivity contribution is 0.399. The first kappa shape index (κ1) is 95.8. The van der Waals surface area contributed by atoms with Crippen LogP contribution in [-0.4, -0.2) is 0 Å². The summed E-state index contributed by atoms with van der Waals surface area (Å²) in [7, 11) is 0. The monoisotopic (exact) mass is 1930 g/mol. The second-order valence-corrected chi connectivity index (χ2v) is 49.4. The predicted molar refractivity (Wildman–Crippen MR) is 630 cm³/mol. The van der Waals surface area contributed by atoms with Crippen LogP contribution in [-0.2, 0) is 43.3 Å². The molecule has 3 nitrogen and oxygen atoms in total. The first-order chi connectivity index (χ1) is 71.6. The topological polar surface area (TPSA) is 29.5 Å². The average molecular weight is 1940 g/mol. The Morgan fingerprint density at radius 3 is 0.899 bits per heavy atom. The van der Waals surface area contributed by atoms with Gasteiger partial charge >= 0.3 is 0 Å². The highest BCUT2D eigenvalue weighted by molar-refractivity contribution is 6.21. The maximum atomic E-state index is 7.37. The molecule has 744 valence electrons. The Labute approximate surface area is 880 Å². The van der Waals surface area contributed by atoms with E-state index in [0.717, 1.165) is 61.3 Å². The number of benzene rings is 16. The molecule has 2 aromatic heterocycles. The zero-order valence-electron chi connectivity index (χ0n) is 90.9. The molecular formula is C145H147NO2. The molecule has 0 spiro atoms. The molecule has 3 heteroatoms. The van der Waals surface area contributed by atoms with Crippen molar-refractivity contribution in [2.45, 2.75) is 315 Å². The zero-order valence-corrected chi connectivity index (χ0v) is 90.9. The summed E-state index contributed by atoms with van der Waals surface area (Å²) in [5, 5.41) is 4.71. The van der Waals surface area contributed by atoms with Crippen LogP contribution in [0.4, 0.5) is 17.1 Å². The number of unbranched alkanes of at least 4 members (excludes halogenated alkanes) is 16. The lowest BCUT2D eigenvalue weighted by atomic mass is 9.70. The Bertz CT molecular complexity index is 8380. The van der Waals surface area contributed by atoms with Gasteiger partial charge < -0.3 is 13.7 Å². The van der Waals surface area contributed by atoms with Crippen LogP contribution in [0.5, 0.6) is 0 Å². The molecule has 0 atom stereocenters. The van der Waals surface area contributed by atoms with Crippen molar-refractivity contribution in [2.75, 3.05) is 4.90 Å². The van der Waals surface area contributed by atoms with Gasteiger partial charge in [0.15, 0.2) is 0 Å². The Hall–Kier alpha value is -13.1. The fourth-order valence-electron chi connectivity index (χ4n) is 29.5. The quantitative estimate of drug-likeness (QED) is 0.0406. The van der Waals surface area contributed by atoms with Crippen LogP contribution < -0.4 is 4.90 Å². The van der Waals surface area contributed by atoms with E-state index < -0.39 is 5.41 Å². The van der Waals surface area contributed by atoms with Gasteiger partial charge in [0.05, 0.1) is 0 Å². The zero-order chi connectivity index (χ0) is 102. The number of anilines is 3. The van der Waals surface area contributed by atoms with E-state index in [0.29, 0.717) is 0 Å². The molecule has 0 bridgehead atoms. The van der Waals surface area contributed by atoms with Gasteiger partial charge in [-0.05, 0) is 335 Å². The summed E-state index contributed by atoms with van der Waals surface area (Å²) in [4.78, 5) is 2.55. The van der Waals surface area contributed by atoms with Crippen molar-refractivity contribution in [2.24, 2.45) is 0 Å². The van der Waals surface area contributed by atoms with E-state index >= 15 is 0 Å². The number of hydrogen-bond donors (Lipinski definition) is 0. The SMILES string of the molecule is CCCCCCCC1(CCCCCCC)c2ccccc2-c2ccc(-c3ccc4c(c3)C(C)(C)c3cc(-c5cc6c(c7c5oc5ccccc57)-c5ccc(N(c7ccc(C(C)(C)C)cc7)c7ccc8c(c7)C(C)(C)c7cc9c(cc7-8)C(C)(C)c7cc(-c8ccc%10c(c8)C(C)(C)c8cc(-c%11ccc%12c(c%11)C(CCCCCCC)(CCCCCCC)c%11ccccc%11-%12)ccc8-%10)c8oc%10ccccc%10c8c7-9)cc5C6(C)C)ccc3-4)cc21. The van der Waals surface area contributed by atoms with E-state index in [4.69, 9.17) is 8.83 Å². The Morgan fingerprint density at radius 1 is 0.216 bits per heavy atom. The lowest BCUT2D eigenvalue weighted by Gasteiger charge is -2.33. The van der Waals surface area contributed by atoms with Gasteiger partial charge in [-0.1, -0.05) is 428 Å². The average Bonchev–Trinajstić information content (AvgIpc) is 1.52. The van der Waals surface area contributed by atoms with Crippen LogP contribution in [0.15, 0.2) is 300 Å². The standard InChI is InChI=1S/C145H147NO2/c1-18-22-26-30-42-74-144(75-43-31-27-23-19-2)116-50-38-34-46-100(116)106-68-56-92(80-126(106)144)90-54-66-102-104-70-58-94(82-120(104)139(8,9)118(102)78-90)112-86-128-132(134-110-48-36-40-52-130(110)147-136(112)134)109-73-65-99(85-123(109)142(128,14)15)146(97-62-60-96(61-63-97)138(5,6)7)98-64-72-108-114-88-125-115(89-124(114)141(12,13)122(108)84-98)133-129(143(125,16)17)87-113(137-135(133)111-49-37-41-53-131(111)148-137)95-59-71-105-103-67-55-91(79-119(103)140(10,11)121(105)83-95)93-57-69-107-101-47-35-39-51-117(101)145(127(107)81-93,76-44-32-28-24-20-3)77-45-33-29-25-21-4/h34-41,46-73,78-89H,18-33,42-45,74-77H2,1-17H3. The molecule has 18 aromatic rings. The van der Waals surface area contributed by atoms with Crippen molar-refractivity contribution in [3.05, 3.63) is 375 Å². The van der Waals surface area contributed by atoms with Crippen LogP contribution in [0.1, 0.15) is 355 Å². The lowest BCUT2D eigenvalue weighted by Crippen LogP contribution is -2.25. The van der Waals surface area contributed by atoms with Gasteiger partial charge in [-0.3, -0.25) is 0 Å². The van der Waals surface area contributed by atoms with Crippen LogP contribution >= 0.6 is 0 Å². The first-order valence-electron chi connectivity index (χ1n) is 57.1. The number of furan rings is 2. The largest absolute Gasteiger partial charge is 0.455 e. The molecule has 0 N–H and O–H groups in total. The van der Waals surface area contributed by atoms with Crippen LogP contribution in [0.2, 0.25) is 0 Å². The van der Waals surface area contributed by atoms with Crippen LogP contribution in [0.25, 0.3) is 166 Å². The highest BCUT2D eigenvalue weighted by Gasteiger charge is 2.50. The molecule has 2 heterocycles. The van der Waals surface area contributed by atoms with Crippen molar-refractivity contribution >= 4 is 60.9 Å². The third-order valence-electron chi connectivity index (χ3n) is 37.8. The molecule has 148 heavy (non-hydrogen) atoms. The summed E-state index contributed by atoms with van der Waals surface area (Å²) in [5.74, 6) is 0. The molecule has 7 aliphatic carbocycles. The van der Waals surface area contributed by atoms with E-state index in [1.807, 2.05) is 0 Å². The van der Waals surface area contributed by atoms with Gasteiger partial charge in [0, 0.05) is 87.6 Å². The molecule has 0 saturated heterocycles. The minimum Gasteiger partial charge on any atom is -0.455 e. The summed E-state index contributed by atoms with van der Waals surface area (Å²) < 4.78 is 14.7. The van der Waals surface area contributed by atoms with Crippen LogP contribution in [0, 0.1) is 0 Å². The maximum Gasteiger partial charge on any atom is 0.143 e. The van der Waals surface area contributed by atoms with Gasteiger partial charge in [-0.25, -0.2) is 0 Å².